The Labute approximate surface area is 198 Å². The molecular weight excluding hydrogens is 388 g/mol. The molecule has 194 valence electrons. The lowest BCUT2D eigenvalue weighted by atomic mass is 10.4. The molecule has 0 aliphatic carbocycles. The van der Waals surface area contributed by atoms with Gasteiger partial charge in [0.15, 0.2) is 0 Å². The van der Waals surface area contributed by atoms with E-state index < -0.39 is 6.79 Å². The van der Waals surface area contributed by atoms with Crippen molar-refractivity contribution in [3.8, 4) is 0 Å². The van der Waals surface area contributed by atoms with Crippen LogP contribution < -0.4 is 0 Å². The molecule has 0 aromatic carbocycles. The lowest BCUT2D eigenvalue weighted by molar-refractivity contribution is -0.882. The van der Waals surface area contributed by atoms with Crippen LogP contribution in [0, 0.1) is 0 Å². The number of nitrogens with zero attached hydrogens (tertiary/aromatic N) is 4. The molecule has 0 bridgehead atoms. The quantitative estimate of drug-likeness (QED) is 0.319. The van der Waals surface area contributed by atoms with Gasteiger partial charge in [-0.05, 0) is 47.3 Å². The van der Waals surface area contributed by atoms with Crippen LogP contribution in [0.25, 0.3) is 0 Å². The van der Waals surface area contributed by atoms with Crippen LogP contribution in [0.2, 0.25) is 0 Å². The molecule has 0 aromatic rings. The van der Waals surface area contributed by atoms with Crippen molar-refractivity contribution in [2.45, 2.75) is 42.0 Å². The van der Waals surface area contributed by atoms with Gasteiger partial charge in [-0.1, -0.05) is 47.3 Å². The van der Waals surface area contributed by atoms with Crippen LogP contribution in [0.4, 0.5) is 0 Å². The minimum atomic E-state index is -0.750. The fourth-order valence-electron chi connectivity index (χ4n) is 1.45. The van der Waals surface area contributed by atoms with Gasteiger partial charge >= 0.3 is 0 Å². The summed E-state index contributed by atoms with van der Waals surface area (Å²) in [4.78, 5) is 4.29. The van der Waals surface area contributed by atoms with Crippen LogP contribution in [0.15, 0.2) is 24.3 Å². The molecule has 31 heavy (non-hydrogen) atoms. The summed E-state index contributed by atoms with van der Waals surface area (Å²) in [6.07, 6.45) is 10.2. The Hall–Kier alpha value is -0.760. The molecule has 0 aliphatic rings. The SMILES string of the molecule is C.C.CCC.CC[N+](C)(C)C/C=C/C[N+](C)(C)C.CN(C)C/C=C/CN(C)C.OCO. The third-order valence-electron chi connectivity index (χ3n) is 3.38. The Morgan fingerprint density at radius 3 is 1.16 bits per heavy atom. The topological polar surface area (TPSA) is 46.9 Å². The van der Waals surface area contributed by atoms with Crippen LogP contribution in [0.1, 0.15) is 42.0 Å². The Morgan fingerprint density at radius 2 is 0.935 bits per heavy atom. The van der Waals surface area contributed by atoms with Crippen molar-refractivity contribution < 1.29 is 19.2 Å². The molecule has 0 radical (unpaired) electrons. The fraction of sp³-hybridized carbons (Fsp3) is 0.840. The highest BCUT2D eigenvalue weighted by molar-refractivity contribution is 4.85. The van der Waals surface area contributed by atoms with E-state index in [0.29, 0.717) is 0 Å². The smallest absolute Gasteiger partial charge is 0.140 e. The maximum atomic E-state index is 7.12. The molecule has 0 rings (SSSR count). The zero-order valence-corrected chi connectivity index (χ0v) is 21.9. The van der Waals surface area contributed by atoms with Crippen LogP contribution in [0.5, 0.6) is 0 Å². The molecule has 2 N–H and O–H groups in total. The van der Waals surface area contributed by atoms with Gasteiger partial charge in [-0.3, -0.25) is 0 Å². The van der Waals surface area contributed by atoms with Gasteiger partial charge in [-0.15, -0.1) is 0 Å². The van der Waals surface area contributed by atoms with E-state index in [2.05, 4.69) is 118 Å². The van der Waals surface area contributed by atoms with Gasteiger partial charge in [0, 0.05) is 13.1 Å². The Morgan fingerprint density at radius 1 is 0.645 bits per heavy atom. The first-order chi connectivity index (χ1) is 13.2. The van der Waals surface area contributed by atoms with E-state index in [-0.39, 0.29) is 14.9 Å². The van der Waals surface area contributed by atoms with Gasteiger partial charge in [0.05, 0.1) is 54.9 Å². The van der Waals surface area contributed by atoms with E-state index in [4.69, 9.17) is 10.2 Å². The number of hydrogen-bond donors (Lipinski definition) is 2. The van der Waals surface area contributed by atoms with Gasteiger partial charge in [0.25, 0.3) is 0 Å². The summed E-state index contributed by atoms with van der Waals surface area (Å²) >= 11 is 0. The summed E-state index contributed by atoms with van der Waals surface area (Å²) in [5.74, 6) is 0. The molecule has 0 saturated carbocycles. The van der Waals surface area contributed by atoms with Gasteiger partial charge in [-0.2, -0.15) is 0 Å². The first kappa shape index (κ1) is 44.0. The molecule has 0 aromatic heterocycles. The fourth-order valence-corrected chi connectivity index (χ4v) is 1.45. The van der Waals surface area contributed by atoms with Crippen molar-refractivity contribution in [2.75, 3.05) is 103 Å². The highest BCUT2D eigenvalue weighted by atomic mass is 16.5. The number of likely N-dealkylation sites (N-methyl/N-ethyl adjacent to an activating group) is 4. The van der Waals surface area contributed by atoms with E-state index in [1.165, 1.54) is 13.0 Å². The maximum Gasteiger partial charge on any atom is 0.140 e. The number of hydrogen-bond acceptors (Lipinski definition) is 4. The molecule has 0 spiro atoms. The van der Waals surface area contributed by atoms with Crippen molar-refractivity contribution in [1.82, 2.24) is 9.80 Å². The van der Waals surface area contributed by atoms with Crippen LogP contribution in [-0.2, 0) is 0 Å². The second-order valence-corrected chi connectivity index (χ2v) is 9.22. The molecule has 0 unspecified atom stereocenters. The summed E-state index contributed by atoms with van der Waals surface area (Å²) in [5.41, 5.74) is 0. The molecule has 0 fully saturated rings. The van der Waals surface area contributed by atoms with Crippen molar-refractivity contribution in [3.05, 3.63) is 24.3 Å². The lowest BCUT2D eigenvalue weighted by Crippen LogP contribution is -2.39. The molecule has 0 amide bonds. The highest BCUT2D eigenvalue weighted by Gasteiger charge is 2.08. The monoisotopic (exact) mass is 453 g/mol. The number of rotatable bonds is 9. The van der Waals surface area contributed by atoms with E-state index in [9.17, 15) is 0 Å². The Kier molecular flexibility index (Phi) is 41.5. The van der Waals surface area contributed by atoms with Crippen molar-refractivity contribution in [1.29, 1.82) is 0 Å². The lowest BCUT2D eigenvalue weighted by Gasteiger charge is -2.27. The van der Waals surface area contributed by atoms with Gasteiger partial charge in [-0.25, -0.2) is 0 Å². The van der Waals surface area contributed by atoms with Gasteiger partial charge < -0.3 is 29.0 Å². The molecule has 0 aliphatic heterocycles. The minimum absolute atomic E-state index is 0. The largest absolute Gasteiger partial charge is 0.371 e. The van der Waals surface area contributed by atoms with E-state index >= 15 is 0 Å². The molecule has 0 saturated heterocycles. The Balaban J connectivity index is -0.0000000774. The summed E-state index contributed by atoms with van der Waals surface area (Å²) in [6, 6.07) is 0. The summed E-state index contributed by atoms with van der Waals surface area (Å²) < 4.78 is 2.09. The predicted octanol–water partition coefficient (Wildman–Crippen LogP) is 3.63. The van der Waals surface area contributed by atoms with E-state index in [0.717, 1.165) is 35.1 Å². The average molecular weight is 453 g/mol. The molecule has 6 nitrogen and oxygen atoms in total. The van der Waals surface area contributed by atoms with Crippen LogP contribution in [0.3, 0.4) is 0 Å². The van der Waals surface area contributed by atoms with Gasteiger partial charge in [0.2, 0.25) is 0 Å². The average Bonchev–Trinajstić information content (AvgIpc) is 2.57. The zero-order valence-electron chi connectivity index (χ0n) is 21.9. The third kappa shape index (κ3) is 65.2. The second-order valence-electron chi connectivity index (χ2n) is 9.22. The molecule has 6 heteroatoms. The number of aliphatic hydroxyl groups excluding tert-OH is 1. The Bertz CT molecular complexity index is 347. The summed E-state index contributed by atoms with van der Waals surface area (Å²) in [6.45, 7) is 11.2. The first-order valence-corrected chi connectivity index (χ1v) is 10.7. The molecule has 0 atom stereocenters. The number of quaternary nitrogens is 2. The third-order valence-corrected chi connectivity index (χ3v) is 3.38. The molecular formula is C25H64N4O2+2. The molecule has 0 heterocycles. The van der Waals surface area contributed by atoms with Crippen molar-refractivity contribution in [3.63, 3.8) is 0 Å². The second kappa shape index (κ2) is 29.2. The normalized spacial score (nSPS) is 11.0. The first-order valence-electron chi connectivity index (χ1n) is 10.7. The van der Waals surface area contributed by atoms with Gasteiger partial charge in [0.1, 0.15) is 6.79 Å². The van der Waals surface area contributed by atoms with E-state index in [1.54, 1.807) is 0 Å². The predicted molar refractivity (Wildman–Crippen MR) is 145 cm³/mol. The maximum absolute atomic E-state index is 7.12. The minimum Gasteiger partial charge on any atom is -0.371 e. The summed E-state index contributed by atoms with van der Waals surface area (Å²) in [5, 5.41) is 14.2. The van der Waals surface area contributed by atoms with Crippen LogP contribution >= 0.6 is 0 Å². The summed E-state index contributed by atoms with van der Waals surface area (Å²) in [7, 11) is 19.4. The highest BCUT2D eigenvalue weighted by Crippen LogP contribution is 1.96. The standard InChI is InChI=1S/C11H26N2.C8H18N2.C3H8.CH4O2.2CH4/c1-7-13(5,6)11-9-8-10-12(2,3)4;1-9(2)7-5-6-8-10(3)4;1-3-2;2-1-3;;/h8-9H,7,10-11H2,1-6H3;5-6H,7-8H2,1-4H3;3H2,1-2H3;2-3H,1H2;2*1H4/q+2;;;;;/b9-8+;6-5+;;;;. The number of aliphatic hydroxyl groups is 2. The van der Waals surface area contributed by atoms with Crippen molar-refractivity contribution >= 4 is 0 Å². The van der Waals surface area contributed by atoms with E-state index in [1.807, 2.05) is 0 Å². The van der Waals surface area contributed by atoms with Crippen LogP contribution in [-0.4, -0.2) is 132 Å². The zero-order chi connectivity index (χ0) is 23.9. The van der Waals surface area contributed by atoms with Crippen molar-refractivity contribution in [2.24, 2.45) is 0 Å².